The van der Waals surface area contributed by atoms with E-state index in [1.54, 1.807) is 0 Å². The molecule has 82 valence electrons. The van der Waals surface area contributed by atoms with Gasteiger partial charge >= 0.3 is 5.97 Å². The van der Waals surface area contributed by atoms with E-state index in [9.17, 15) is 13.6 Å². The highest BCUT2D eigenvalue weighted by Gasteiger charge is 2.19. The Balaban J connectivity index is 2.59. The monoisotopic (exact) mass is 225 g/mol. The maximum absolute atomic E-state index is 13.3. The van der Waals surface area contributed by atoms with Gasteiger partial charge in [-0.3, -0.25) is 0 Å². The lowest BCUT2D eigenvalue weighted by atomic mass is 10.1. The van der Waals surface area contributed by atoms with Gasteiger partial charge in [-0.2, -0.15) is 0 Å². The summed E-state index contributed by atoms with van der Waals surface area (Å²) in [4.78, 5) is 10.7. The van der Waals surface area contributed by atoms with Crippen LogP contribution in [-0.4, -0.2) is 16.2 Å². The van der Waals surface area contributed by atoms with Gasteiger partial charge in [0.15, 0.2) is 5.76 Å². The molecular formula is C10H5F2NO3. The maximum Gasteiger partial charge on any atom is 0.341 e. The Kier molecular flexibility index (Phi) is 2.40. The van der Waals surface area contributed by atoms with Gasteiger partial charge in [0.25, 0.3) is 0 Å². The lowest BCUT2D eigenvalue weighted by Gasteiger charge is -1.99. The van der Waals surface area contributed by atoms with Crippen LogP contribution in [0.4, 0.5) is 8.78 Å². The van der Waals surface area contributed by atoms with Gasteiger partial charge in [-0.05, 0) is 12.1 Å². The maximum atomic E-state index is 13.3. The predicted molar refractivity (Wildman–Crippen MR) is 48.8 cm³/mol. The second kappa shape index (κ2) is 3.73. The Bertz CT molecular complexity index is 551. The molecule has 0 saturated heterocycles. The van der Waals surface area contributed by atoms with Gasteiger partial charge in [0.05, 0.1) is 11.8 Å². The number of aromatic carboxylic acids is 1. The van der Waals surface area contributed by atoms with E-state index in [1.165, 1.54) is 0 Å². The van der Waals surface area contributed by atoms with Gasteiger partial charge in [0, 0.05) is 6.07 Å². The fourth-order valence-corrected chi connectivity index (χ4v) is 1.26. The van der Waals surface area contributed by atoms with E-state index in [0.29, 0.717) is 6.07 Å². The molecule has 0 saturated carbocycles. The molecule has 0 aliphatic heterocycles. The summed E-state index contributed by atoms with van der Waals surface area (Å²) in [6.07, 6.45) is 0.959. The first-order valence-electron chi connectivity index (χ1n) is 4.23. The van der Waals surface area contributed by atoms with E-state index in [2.05, 4.69) is 9.68 Å². The molecule has 0 fully saturated rings. The van der Waals surface area contributed by atoms with Crippen molar-refractivity contribution < 1.29 is 23.2 Å². The lowest BCUT2D eigenvalue weighted by molar-refractivity contribution is 0.0697. The Morgan fingerprint density at radius 3 is 2.75 bits per heavy atom. The smallest absolute Gasteiger partial charge is 0.341 e. The minimum atomic E-state index is -1.29. The summed E-state index contributed by atoms with van der Waals surface area (Å²) in [6, 6.07) is 2.74. The number of halogens is 2. The number of benzene rings is 1. The quantitative estimate of drug-likeness (QED) is 0.851. The average molecular weight is 225 g/mol. The first-order chi connectivity index (χ1) is 7.59. The predicted octanol–water partition coefficient (Wildman–Crippen LogP) is 2.32. The fraction of sp³-hybridized carbons (Fsp3) is 0. The third-order valence-electron chi connectivity index (χ3n) is 1.98. The molecular weight excluding hydrogens is 220 g/mol. The SMILES string of the molecule is O=C(O)c1cnoc1-c1ccc(F)cc1F. The third kappa shape index (κ3) is 1.65. The molecule has 1 N–H and O–H groups in total. The van der Waals surface area contributed by atoms with E-state index in [1.807, 2.05) is 0 Å². The molecule has 0 amide bonds. The van der Waals surface area contributed by atoms with Crippen LogP contribution in [0, 0.1) is 11.6 Å². The highest BCUT2D eigenvalue weighted by molar-refractivity contribution is 5.93. The van der Waals surface area contributed by atoms with E-state index < -0.39 is 17.6 Å². The number of carboxylic acid groups (broad SMARTS) is 1. The molecule has 0 radical (unpaired) electrons. The van der Waals surface area contributed by atoms with E-state index in [0.717, 1.165) is 18.3 Å². The zero-order chi connectivity index (χ0) is 11.7. The second-order valence-corrected chi connectivity index (χ2v) is 3.00. The highest BCUT2D eigenvalue weighted by Crippen LogP contribution is 2.26. The Hall–Kier alpha value is -2.24. The Labute approximate surface area is 88.1 Å². The summed E-state index contributed by atoms with van der Waals surface area (Å²) in [5.41, 5.74) is -0.415. The van der Waals surface area contributed by atoms with Crippen molar-refractivity contribution in [1.82, 2.24) is 5.16 Å². The molecule has 1 aromatic heterocycles. The number of aromatic nitrogens is 1. The van der Waals surface area contributed by atoms with Crippen LogP contribution in [0.3, 0.4) is 0 Å². The molecule has 0 bridgehead atoms. The standard InChI is InChI=1S/C10H5F2NO3/c11-5-1-2-6(8(12)3-5)9-7(10(14)15)4-13-16-9/h1-4H,(H,14,15). The molecule has 4 nitrogen and oxygen atoms in total. The number of carbonyl (C=O) groups is 1. The Morgan fingerprint density at radius 2 is 2.12 bits per heavy atom. The molecule has 0 aliphatic carbocycles. The van der Waals surface area contributed by atoms with Crippen LogP contribution in [0.2, 0.25) is 0 Å². The first kappa shape index (κ1) is 10.3. The van der Waals surface area contributed by atoms with Crippen LogP contribution in [0.5, 0.6) is 0 Å². The van der Waals surface area contributed by atoms with E-state index in [-0.39, 0.29) is 16.9 Å². The average Bonchev–Trinajstić information content (AvgIpc) is 2.66. The number of hydrogen-bond acceptors (Lipinski definition) is 3. The van der Waals surface area contributed by atoms with Crippen molar-refractivity contribution >= 4 is 5.97 Å². The van der Waals surface area contributed by atoms with Crippen molar-refractivity contribution in [2.75, 3.05) is 0 Å². The highest BCUT2D eigenvalue weighted by atomic mass is 19.1. The molecule has 6 heteroatoms. The summed E-state index contributed by atoms with van der Waals surface area (Å²) in [5.74, 6) is -3.18. The summed E-state index contributed by atoms with van der Waals surface area (Å²) < 4.78 is 30.6. The van der Waals surface area contributed by atoms with Gasteiger partial charge in [-0.15, -0.1) is 0 Å². The summed E-state index contributed by atoms with van der Waals surface area (Å²) in [5, 5.41) is 12.0. The lowest BCUT2D eigenvalue weighted by Crippen LogP contribution is -1.97. The van der Waals surface area contributed by atoms with Crippen LogP contribution in [0.1, 0.15) is 10.4 Å². The van der Waals surface area contributed by atoms with Crippen LogP contribution < -0.4 is 0 Å². The normalized spacial score (nSPS) is 10.4. The van der Waals surface area contributed by atoms with E-state index in [4.69, 9.17) is 5.11 Å². The first-order valence-corrected chi connectivity index (χ1v) is 4.23. The largest absolute Gasteiger partial charge is 0.477 e. The number of rotatable bonds is 2. The van der Waals surface area contributed by atoms with Crippen molar-refractivity contribution in [3.8, 4) is 11.3 Å². The van der Waals surface area contributed by atoms with Gasteiger partial charge in [0.1, 0.15) is 17.2 Å². The van der Waals surface area contributed by atoms with E-state index >= 15 is 0 Å². The zero-order valence-electron chi connectivity index (χ0n) is 7.78. The van der Waals surface area contributed by atoms with Gasteiger partial charge in [-0.1, -0.05) is 5.16 Å². The van der Waals surface area contributed by atoms with Gasteiger partial charge in [-0.25, -0.2) is 13.6 Å². The minimum absolute atomic E-state index is 0.142. The molecule has 0 atom stereocenters. The zero-order valence-corrected chi connectivity index (χ0v) is 7.78. The summed E-state index contributed by atoms with van der Waals surface area (Å²) in [6.45, 7) is 0. The van der Waals surface area contributed by atoms with Gasteiger partial charge in [0.2, 0.25) is 0 Å². The van der Waals surface area contributed by atoms with Crippen LogP contribution in [0.15, 0.2) is 28.9 Å². The third-order valence-corrected chi connectivity index (χ3v) is 1.98. The molecule has 0 spiro atoms. The van der Waals surface area contributed by atoms with Crippen LogP contribution in [-0.2, 0) is 0 Å². The molecule has 0 unspecified atom stereocenters. The van der Waals surface area contributed by atoms with Crippen molar-refractivity contribution in [2.45, 2.75) is 0 Å². The topological polar surface area (TPSA) is 63.3 Å². The molecule has 2 aromatic rings. The van der Waals surface area contributed by atoms with Crippen molar-refractivity contribution in [3.05, 3.63) is 41.6 Å². The Morgan fingerprint density at radius 1 is 1.38 bits per heavy atom. The van der Waals surface area contributed by atoms with Crippen LogP contribution >= 0.6 is 0 Å². The second-order valence-electron chi connectivity index (χ2n) is 3.00. The fourth-order valence-electron chi connectivity index (χ4n) is 1.26. The molecule has 0 aliphatic rings. The number of nitrogens with zero attached hydrogens (tertiary/aromatic N) is 1. The van der Waals surface area contributed by atoms with Crippen LogP contribution in [0.25, 0.3) is 11.3 Å². The number of carboxylic acids is 1. The van der Waals surface area contributed by atoms with Crippen molar-refractivity contribution in [1.29, 1.82) is 0 Å². The van der Waals surface area contributed by atoms with Crippen molar-refractivity contribution in [3.63, 3.8) is 0 Å². The molecule has 1 aromatic carbocycles. The number of hydrogen-bond donors (Lipinski definition) is 1. The molecule has 2 rings (SSSR count). The molecule has 1 heterocycles. The summed E-state index contributed by atoms with van der Waals surface area (Å²) in [7, 11) is 0. The van der Waals surface area contributed by atoms with Gasteiger partial charge < -0.3 is 9.63 Å². The molecule has 16 heavy (non-hydrogen) atoms. The summed E-state index contributed by atoms with van der Waals surface area (Å²) >= 11 is 0. The minimum Gasteiger partial charge on any atom is -0.477 e. The van der Waals surface area contributed by atoms with Crippen molar-refractivity contribution in [2.24, 2.45) is 0 Å².